The summed E-state index contributed by atoms with van der Waals surface area (Å²) in [4.78, 5) is 9.93. The Morgan fingerprint density at radius 3 is 2.08 bits per heavy atom. The van der Waals surface area contributed by atoms with E-state index in [-0.39, 0.29) is 6.04 Å². The maximum absolute atomic E-state index is 6.26. The maximum atomic E-state index is 6.26. The largest absolute Gasteiger partial charge is 0.475 e. The molecule has 4 heterocycles. The normalized spacial score (nSPS) is 14.9. The molecule has 9 rings (SSSR count). The molecule has 0 spiro atoms. The summed E-state index contributed by atoms with van der Waals surface area (Å²) in [5.74, 6) is 1.13. The number of hydrogen-bond acceptors (Lipinski definition) is 3. The minimum atomic E-state index is 0.159. The van der Waals surface area contributed by atoms with Gasteiger partial charge in [-0.15, -0.1) is 0 Å². The highest BCUT2D eigenvalue weighted by atomic mass is 16.5. The molecular weight excluding hydrogens is 589 g/mol. The molecule has 5 nitrogen and oxygen atoms in total. The molecule has 234 valence electrons. The van der Waals surface area contributed by atoms with E-state index in [0.29, 0.717) is 12.5 Å². The maximum Gasteiger partial charge on any atom is 0.216 e. The van der Waals surface area contributed by atoms with Crippen molar-refractivity contribution in [2.75, 3.05) is 6.61 Å². The molecule has 0 N–H and O–H groups in total. The number of aryl methyl sites for hydroxylation is 2. The van der Waals surface area contributed by atoms with Gasteiger partial charge in [0.2, 0.25) is 5.90 Å². The second-order valence-electron chi connectivity index (χ2n) is 13.5. The molecule has 0 bridgehead atoms. The monoisotopic (exact) mass is 624 g/mol. The molecule has 3 aromatic heterocycles. The molecule has 1 aliphatic heterocycles. The fraction of sp³-hybridized carbons (Fsp3) is 0.163. The highest BCUT2D eigenvalue weighted by Gasteiger charge is 2.24. The van der Waals surface area contributed by atoms with Crippen LogP contribution >= 0.6 is 0 Å². The Morgan fingerprint density at radius 2 is 1.33 bits per heavy atom. The van der Waals surface area contributed by atoms with E-state index >= 15 is 0 Å². The van der Waals surface area contributed by atoms with Crippen LogP contribution in [0.3, 0.4) is 0 Å². The first-order chi connectivity index (χ1) is 23.4. The zero-order valence-electron chi connectivity index (χ0n) is 27.6. The van der Waals surface area contributed by atoms with E-state index in [1.165, 1.54) is 27.3 Å². The Morgan fingerprint density at radius 1 is 0.604 bits per heavy atom. The van der Waals surface area contributed by atoms with Crippen molar-refractivity contribution in [1.29, 1.82) is 0 Å². The Kier molecular flexibility index (Phi) is 6.51. The SMILES string of the molecule is Cc1ccc2c(c1)c1ccc(-n3c4ccc(C)cc4c4cccnc43)cc1n2-c1cc(C2=N[C@H](C(C)C)CO2)cc(-c2ccccc2)c1. The Labute approximate surface area is 279 Å². The van der Waals surface area contributed by atoms with Gasteiger partial charge in [-0.2, -0.15) is 0 Å². The van der Waals surface area contributed by atoms with Crippen molar-refractivity contribution >= 4 is 49.6 Å². The number of benzene rings is 5. The zero-order chi connectivity index (χ0) is 32.5. The number of aromatic nitrogens is 3. The van der Waals surface area contributed by atoms with Gasteiger partial charge in [0.1, 0.15) is 12.3 Å². The van der Waals surface area contributed by atoms with Gasteiger partial charge in [-0.3, -0.25) is 4.57 Å². The summed E-state index contributed by atoms with van der Waals surface area (Å²) in [6.45, 7) is 9.34. The lowest BCUT2D eigenvalue weighted by Crippen LogP contribution is -2.13. The number of ether oxygens (including phenoxy) is 1. The molecule has 5 aromatic carbocycles. The lowest BCUT2D eigenvalue weighted by atomic mass is 10.0. The average Bonchev–Trinajstić information content (AvgIpc) is 3.81. The van der Waals surface area contributed by atoms with Gasteiger partial charge in [-0.1, -0.05) is 73.5 Å². The minimum absolute atomic E-state index is 0.159. The third-order valence-electron chi connectivity index (χ3n) is 9.82. The van der Waals surface area contributed by atoms with Crippen LogP contribution in [0.2, 0.25) is 0 Å². The van der Waals surface area contributed by atoms with Crippen molar-refractivity contribution in [3.8, 4) is 22.5 Å². The topological polar surface area (TPSA) is 44.3 Å². The van der Waals surface area contributed by atoms with Crippen LogP contribution in [0, 0.1) is 19.8 Å². The smallest absolute Gasteiger partial charge is 0.216 e. The molecule has 0 saturated carbocycles. The number of pyridine rings is 1. The number of hydrogen-bond donors (Lipinski definition) is 0. The van der Waals surface area contributed by atoms with Crippen molar-refractivity contribution in [1.82, 2.24) is 14.1 Å². The van der Waals surface area contributed by atoms with Gasteiger partial charge in [0, 0.05) is 44.7 Å². The number of aliphatic imine (C=N–C) groups is 1. The molecular formula is C43H36N4O. The summed E-state index contributed by atoms with van der Waals surface area (Å²) < 4.78 is 11.0. The summed E-state index contributed by atoms with van der Waals surface area (Å²) in [6.07, 6.45) is 1.89. The van der Waals surface area contributed by atoms with Crippen LogP contribution < -0.4 is 0 Å². The van der Waals surface area contributed by atoms with Gasteiger partial charge in [0.25, 0.3) is 0 Å². The van der Waals surface area contributed by atoms with Crippen molar-refractivity contribution in [3.05, 3.63) is 138 Å². The molecule has 0 fully saturated rings. The molecule has 1 atom stereocenters. The lowest BCUT2D eigenvalue weighted by Gasteiger charge is -2.14. The predicted molar refractivity (Wildman–Crippen MR) is 199 cm³/mol. The Balaban J connectivity index is 1.34. The minimum Gasteiger partial charge on any atom is -0.475 e. The summed E-state index contributed by atoms with van der Waals surface area (Å²) in [5.41, 5.74) is 12.3. The van der Waals surface area contributed by atoms with Crippen LogP contribution in [0.4, 0.5) is 0 Å². The fourth-order valence-electron chi connectivity index (χ4n) is 7.31. The Hall–Kier alpha value is -5.68. The van der Waals surface area contributed by atoms with Crippen molar-refractivity contribution in [2.45, 2.75) is 33.7 Å². The average molecular weight is 625 g/mol. The highest BCUT2D eigenvalue weighted by molar-refractivity contribution is 6.12. The number of fused-ring (bicyclic) bond motifs is 6. The molecule has 5 heteroatoms. The summed E-state index contributed by atoms with van der Waals surface area (Å²) in [6, 6.07) is 42.0. The number of rotatable bonds is 5. The molecule has 0 saturated heterocycles. The molecule has 8 aromatic rings. The van der Waals surface area contributed by atoms with E-state index in [4.69, 9.17) is 14.7 Å². The molecule has 1 aliphatic rings. The Bertz CT molecular complexity index is 2570. The lowest BCUT2D eigenvalue weighted by molar-refractivity contribution is 0.292. The van der Waals surface area contributed by atoms with Crippen LogP contribution in [0.25, 0.3) is 66.2 Å². The van der Waals surface area contributed by atoms with Crippen LogP contribution in [0.15, 0.2) is 126 Å². The first kappa shape index (κ1) is 28.5. The van der Waals surface area contributed by atoms with Gasteiger partial charge < -0.3 is 9.30 Å². The van der Waals surface area contributed by atoms with Crippen molar-refractivity contribution in [2.24, 2.45) is 10.9 Å². The van der Waals surface area contributed by atoms with Gasteiger partial charge in [-0.25, -0.2) is 9.98 Å². The van der Waals surface area contributed by atoms with Crippen molar-refractivity contribution < 1.29 is 4.74 Å². The van der Waals surface area contributed by atoms with E-state index in [0.717, 1.165) is 61.5 Å². The van der Waals surface area contributed by atoms with E-state index < -0.39 is 0 Å². The van der Waals surface area contributed by atoms with E-state index in [9.17, 15) is 0 Å². The second kappa shape index (κ2) is 11.0. The molecule has 0 aliphatic carbocycles. The quantitative estimate of drug-likeness (QED) is 0.191. The first-order valence-corrected chi connectivity index (χ1v) is 16.8. The summed E-state index contributed by atoms with van der Waals surface area (Å²) in [5, 5.41) is 4.81. The number of nitrogens with zero attached hydrogens (tertiary/aromatic N) is 4. The molecule has 0 unspecified atom stereocenters. The summed E-state index contributed by atoms with van der Waals surface area (Å²) >= 11 is 0. The van der Waals surface area contributed by atoms with Gasteiger partial charge in [-0.05, 0) is 97.6 Å². The van der Waals surface area contributed by atoms with E-state index in [1.54, 1.807) is 0 Å². The zero-order valence-corrected chi connectivity index (χ0v) is 27.6. The van der Waals surface area contributed by atoms with Gasteiger partial charge in [0.05, 0.1) is 22.6 Å². The van der Waals surface area contributed by atoms with Crippen LogP contribution in [0.1, 0.15) is 30.5 Å². The van der Waals surface area contributed by atoms with Crippen LogP contribution in [-0.4, -0.2) is 32.7 Å². The standard InChI is InChI=1S/C43H36N4O/c1-26(2)38-25-48-43(45-38)31-21-30(29-9-6-5-7-10-29)22-33(23-31)46-39-16-12-27(3)19-36(39)34-15-14-32(24-41(34)46)47-40-17-13-28(4)20-37(40)35-11-8-18-44-42(35)47/h5-24,26,38H,25H2,1-4H3/t38-/m0/s1. The van der Waals surface area contributed by atoms with Crippen LogP contribution in [-0.2, 0) is 4.74 Å². The fourth-order valence-corrected chi connectivity index (χ4v) is 7.31. The second-order valence-corrected chi connectivity index (χ2v) is 13.5. The molecule has 48 heavy (non-hydrogen) atoms. The van der Waals surface area contributed by atoms with Crippen molar-refractivity contribution in [3.63, 3.8) is 0 Å². The van der Waals surface area contributed by atoms with Crippen LogP contribution in [0.5, 0.6) is 0 Å². The van der Waals surface area contributed by atoms with Gasteiger partial charge >= 0.3 is 0 Å². The highest BCUT2D eigenvalue weighted by Crippen LogP contribution is 2.38. The van der Waals surface area contributed by atoms with E-state index in [1.807, 2.05) is 12.3 Å². The third-order valence-corrected chi connectivity index (χ3v) is 9.82. The van der Waals surface area contributed by atoms with Gasteiger partial charge in [0.15, 0.2) is 0 Å². The third kappa shape index (κ3) is 4.53. The van der Waals surface area contributed by atoms with E-state index in [2.05, 4.69) is 146 Å². The molecule has 0 amide bonds. The molecule has 0 radical (unpaired) electrons. The first-order valence-electron chi connectivity index (χ1n) is 16.8. The summed E-state index contributed by atoms with van der Waals surface area (Å²) in [7, 11) is 0. The predicted octanol–water partition coefficient (Wildman–Crippen LogP) is 10.4.